The van der Waals surface area contributed by atoms with E-state index < -0.39 is 0 Å². The molecule has 38 heavy (non-hydrogen) atoms. The number of nitrogens with zero attached hydrogens (tertiary/aromatic N) is 4. The molecule has 0 aliphatic carbocycles. The summed E-state index contributed by atoms with van der Waals surface area (Å²) in [7, 11) is 3.13. The minimum absolute atomic E-state index is 0.118. The third-order valence-corrected chi connectivity index (χ3v) is 7.15. The van der Waals surface area contributed by atoms with Crippen LogP contribution in [0.2, 0.25) is 0 Å². The van der Waals surface area contributed by atoms with Crippen molar-refractivity contribution in [2.45, 2.75) is 18.2 Å². The van der Waals surface area contributed by atoms with Crippen molar-refractivity contribution in [2.75, 3.05) is 25.3 Å². The van der Waals surface area contributed by atoms with Gasteiger partial charge in [0, 0.05) is 29.2 Å². The van der Waals surface area contributed by atoms with E-state index in [-0.39, 0.29) is 11.7 Å². The SMILES string of the molecule is C=CCn1c(CNc2cccc3ccccc23)nnc1SCC(=O)N/N=C/c1cc(Br)c(OC)cc1OC. The molecule has 1 amide bonds. The van der Waals surface area contributed by atoms with Crippen molar-refractivity contribution in [3.8, 4) is 11.5 Å². The van der Waals surface area contributed by atoms with Crippen molar-refractivity contribution < 1.29 is 14.3 Å². The molecule has 4 rings (SSSR count). The Morgan fingerprint density at radius 1 is 1.13 bits per heavy atom. The smallest absolute Gasteiger partial charge is 0.250 e. The Bertz CT molecular complexity index is 1470. The first kappa shape index (κ1) is 27.2. The van der Waals surface area contributed by atoms with Gasteiger partial charge in [0.25, 0.3) is 5.91 Å². The third kappa shape index (κ3) is 6.53. The van der Waals surface area contributed by atoms with Crippen molar-refractivity contribution in [3.05, 3.63) is 83.1 Å². The maximum atomic E-state index is 12.4. The van der Waals surface area contributed by atoms with E-state index in [9.17, 15) is 4.79 Å². The van der Waals surface area contributed by atoms with Crippen LogP contribution in [-0.4, -0.2) is 46.9 Å². The lowest BCUT2D eigenvalue weighted by molar-refractivity contribution is -0.118. The Kier molecular flexibility index (Phi) is 9.39. The fourth-order valence-corrected chi connectivity index (χ4v) is 5.03. The van der Waals surface area contributed by atoms with Gasteiger partial charge in [-0.1, -0.05) is 54.2 Å². The zero-order chi connectivity index (χ0) is 26.9. The summed E-state index contributed by atoms with van der Waals surface area (Å²) in [5, 5.41) is 19.1. The van der Waals surface area contributed by atoms with Gasteiger partial charge in [0.1, 0.15) is 11.5 Å². The highest BCUT2D eigenvalue weighted by molar-refractivity contribution is 9.10. The number of nitrogens with one attached hydrogen (secondary N) is 2. The zero-order valence-electron chi connectivity index (χ0n) is 21.0. The third-order valence-electron chi connectivity index (χ3n) is 5.56. The Morgan fingerprint density at radius 3 is 2.71 bits per heavy atom. The van der Waals surface area contributed by atoms with Crippen LogP contribution in [0.15, 0.2) is 82.0 Å². The number of ether oxygens (including phenoxy) is 2. The van der Waals surface area contributed by atoms with Crippen LogP contribution in [0.4, 0.5) is 5.69 Å². The number of rotatable bonds is 12. The van der Waals surface area contributed by atoms with E-state index in [1.54, 1.807) is 32.4 Å². The van der Waals surface area contributed by atoms with Gasteiger partial charge in [0.2, 0.25) is 0 Å². The van der Waals surface area contributed by atoms with Gasteiger partial charge in [-0.05, 0) is 33.4 Å². The first-order chi connectivity index (χ1) is 18.5. The molecular weight excluding hydrogens is 568 g/mol. The summed E-state index contributed by atoms with van der Waals surface area (Å²) in [5.74, 6) is 1.79. The van der Waals surface area contributed by atoms with E-state index in [1.165, 1.54) is 18.0 Å². The van der Waals surface area contributed by atoms with Gasteiger partial charge in [-0.15, -0.1) is 16.8 Å². The molecule has 0 saturated carbocycles. The summed E-state index contributed by atoms with van der Waals surface area (Å²) in [6.45, 7) is 4.85. The average molecular weight is 596 g/mol. The van der Waals surface area contributed by atoms with Crippen LogP contribution in [0.3, 0.4) is 0 Å². The van der Waals surface area contributed by atoms with Gasteiger partial charge >= 0.3 is 0 Å². The molecular formula is C27H27BrN6O3S. The molecule has 1 heterocycles. The van der Waals surface area contributed by atoms with Crippen LogP contribution in [-0.2, 0) is 17.9 Å². The molecule has 0 aliphatic heterocycles. The summed E-state index contributed by atoms with van der Waals surface area (Å²) in [5.41, 5.74) is 4.24. The minimum atomic E-state index is -0.277. The lowest BCUT2D eigenvalue weighted by Crippen LogP contribution is -2.20. The fourth-order valence-electron chi connectivity index (χ4n) is 3.74. The highest BCUT2D eigenvalue weighted by Crippen LogP contribution is 2.32. The summed E-state index contributed by atoms with van der Waals surface area (Å²) in [4.78, 5) is 12.4. The lowest BCUT2D eigenvalue weighted by atomic mass is 10.1. The Morgan fingerprint density at radius 2 is 1.92 bits per heavy atom. The lowest BCUT2D eigenvalue weighted by Gasteiger charge is -2.11. The largest absolute Gasteiger partial charge is 0.496 e. The van der Waals surface area contributed by atoms with E-state index in [4.69, 9.17) is 9.47 Å². The van der Waals surface area contributed by atoms with Gasteiger partial charge in [-0.2, -0.15) is 5.10 Å². The highest BCUT2D eigenvalue weighted by Gasteiger charge is 2.14. The predicted octanol–water partition coefficient (Wildman–Crippen LogP) is 5.25. The van der Waals surface area contributed by atoms with Crippen LogP contribution in [0.1, 0.15) is 11.4 Å². The number of amides is 1. The number of carbonyl (C=O) groups is 1. The molecule has 0 unspecified atom stereocenters. The van der Waals surface area contributed by atoms with Gasteiger partial charge in [0.15, 0.2) is 11.0 Å². The average Bonchev–Trinajstić information content (AvgIpc) is 3.32. The molecule has 1 aromatic heterocycles. The van der Waals surface area contributed by atoms with Crippen LogP contribution in [0, 0.1) is 0 Å². The first-order valence-electron chi connectivity index (χ1n) is 11.6. The van der Waals surface area contributed by atoms with Crippen molar-refractivity contribution in [1.29, 1.82) is 0 Å². The number of hydrogen-bond acceptors (Lipinski definition) is 8. The molecule has 196 valence electrons. The van der Waals surface area contributed by atoms with Gasteiger partial charge in [0.05, 0.1) is 37.2 Å². The molecule has 9 nitrogen and oxygen atoms in total. The molecule has 0 bridgehead atoms. The number of carbonyl (C=O) groups excluding carboxylic acids is 1. The second kappa shape index (κ2) is 13.1. The number of hydrazone groups is 1. The maximum absolute atomic E-state index is 12.4. The summed E-state index contributed by atoms with van der Waals surface area (Å²) < 4.78 is 13.3. The summed E-state index contributed by atoms with van der Waals surface area (Å²) >= 11 is 4.72. The predicted molar refractivity (Wildman–Crippen MR) is 155 cm³/mol. The summed E-state index contributed by atoms with van der Waals surface area (Å²) in [6, 6.07) is 17.9. The molecule has 0 fully saturated rings. The van der Waals surface area contributed by atoms with Crippen molar-refractivity contribution in [1.82, 2.24) is 20.2 Å². The molecule has 0 radical (unpaired) electrons. The number of aromatic nitrogens is 3. The quantitative estimate of drug-likeness (QED) is 0.0999. The fraction of sp³-hybridized carbons (Fsp3) is 0.185. The number of fused-ring (bicyclic) bond motifs is 1. The number of anilines is 1. The molecule has 0 spiro atoms. The summed E-state index contributed by atoms with van der Waals surface area (Å²) in [6.07, 6.45) is 3.29. The monoisotopic (exact) mass is 594 g/mol. The normalized spacial score (nSPS) is 11.0. The molecule has 4 aromatic rings. The first-order valence-corrected chi connectivity index (χ1v) is 13.4. The molecule has 0 atom stereocenters. The minimum Gasteiger partial charge on any atom is -0.496 e. The van der Waals surface area contributed by atoms with E-state index in [0.717, 1.165) is 26.8 Å². The van der Waals surface area contributed by atoms with E-state index in [2.05, 4.69) is 66.7 Å². The maximum Gasteiger partial charge on any atom is 0.250 e. The Balaban J connectivity index is 1.37. The van der Waals surface area contributed by atoms with E-state index >= 15 is 0 Å². The van der Waals surface area contributed by atoms with Crippen molar-refractivity contribution in [3.63, 3.8) is 0 Å². The van der Waals surface area contributed by atoms with Gasteiger partial charge < -0.3 is 19.4 Å². The Labute approximate surface area is 233 Å². The number of thioether (sulfide) groups is 1. The van der Waals surface area contributed by atoms with Crippen LogP contribution in [0.5, 0.6) is 11.5 Å². The molecule has 11 heteroatoms. The van der Waals surface area contributed by atoms with Gasteiger partial charge in [-0.3, -0.25) is 4.79 Å². The van der Waals surface area contributed by atoms with Gasteiger partial charge in [-0.25, -0.2) is 5.43 Å². The molecule has 2 N–H and O–H groups in total. The second-order valence-electron chi connectivity index (χ2n) is 7.99. The topological polar surface area (TPSA) is 103 Å². The van der Waals surface area contributed by atoms with E-state index in [0.29, 0.717) is 35.3 Å². The number of allylic oxidation sites excluding steroid dienone is 1. The number of benzene rings is 3. The number of halogens is 1. The number of methoxy groups -OCH3 is 2. The molecule has 3 aromatic carbocycles. The van der Waals surface area contributed by atoms with E-state index in [1.807, 2.05) is 28.8 Å². The Hall–Kier alpha value is -3.83. The zero-order valence-corrected chi connectivity index (χ0v) is 23.4. The standard InChI is InChI=1S/C27H27BrN6O3S/c1-4-12-34-25(16-29-22-11-7-9-18-8-5-6-10-20(18)22)31-33-27(34)38-17-26(35)32-30-15-19-13-21(28)24(37-3)14-23(19)36-2/h4-11,13-15,29H,1,12,16-17H2,2-3H3,(H,32,35)/b30-15+. The van der Waals surface area contributed by atoms with Crippen LogP contribution < -0.4 is 20.2 Å². The van der Waals surface area contributed by atoms with Crippen molar-refractivity contribution in [2.24, 2.45) is 5.10 Å². The highest BCUT2D eigenvalue weighted by atomic mass is 79.9. The second-order valence-corrected chi connectivity index (χ2v) is 9.79. The number of hydrogen-bond donors (Lipinski definition) is 2. The van der Waals surface area contributed by atoms with Crippen LogP contribution >= 0.6 is 27.7 Å². The molecule has 0 aliphatic rings. The van der Waals surface area contributed by atoms with Crippen molar-refractivity contribution >= 4 is 56.3 Å². The molecule has 0 saturated heterocycles. The van der Waals surface area contributed by atoms with Crippen LogP contribution in [0.25, 0.3) is 10.8 Å².